The van der Waals surface area contributed by atoms with Gasteiger partial charge in [-0.15, -0.1) is 11.6 Å². The van der Waals surface area contributed by atoms with Crippen molar-refractivity contribution in [3.63, 3.8) is 0 Å². The monoisotopic (exact) mass is 260 g/mol. The summed E-state index contributed by atoms with van der Waals surface area (Å²) in [6.45, 7) is 0. The van der Waals surface area contributed by atoms with E-state index in [1.807, 2.05) is 30.4 Å². The summed E-state index contributed by atoms with van der Waals surface area (Å²) in [7, 11) is 1.65. The lowest BCUT2D eigenvalue weighted by Crippen LogP contribution is -1.84. The number of halogens is 2. The van der Waals surface area contributed by atoms with E-state index in [-0.39, 0.29) is 0 Å². The fourth-order valence-corrected chi connectivity index (χ4v) is 1.42. The van der Waals surface area contributed by atoms with E-state index < -0.39 is 0 Å². The maximum Gasteiger partial charge on any atom is 0.119 e. The highest BCUT2D eigenvalue weighted by molar-refractivity contribution is 9.10. The Hall–Kier alpha value is -0.470. The first-order chi connectivity index (χ1) is 6.27. The molecule has 0 aliphatic carbocycles. The minimum Gasteiger partial charge on any atom is -0.497 e. The Kier molecular flexibility index (Phi) is 4.33. The van der Waals surface area contributed by atoms with Crippen LogP contribution in [0.4, 0.5) is 0 Å². The van der Waals surface area contributed by atoms with Crippen LogP contribution in [0.3, 0.4) is 0 Å². The zero-order valence-electron chi connectivity index (χ0n) is 7.26. The largest absolute Gasteiger partial charge is 0.497 e. The second-order valence-electron chi connectivity index (χ2n) is 2.44. The van der Waals surface area contributed by atoms with Crippen molar-refractivity contribution in [2.24, 2.45) is 0 Å². The lowest BCUT2D eigenvalue weighted by atomic mass is 10.2. The molecule has 1 rings (SSSR count). The molecule has 13 heavy (non-hydrogen) atoms. The Bertz CT molecular complexity index is 310. The molecular formula is C10H10BrClO. The molecule has 3 heteroatoms. The fraction of sp³-hybridized carbons (Fsp3) is 0.200. The van der Waals surface area contributed by atoms with E-state index in [1.165, 1.54) is 0 Å². The average Bonchev–Trinajstić information content (AvgIpc) is 2.17. The molecule has 1 nitrogen and oxygen atoms in total. The van der Waals surface area contributed by atoms with Gasteiger partial charge in [-0.3, -0.25) is 0 Å². The third-order valence-corrected chi connectivity index (χ3v) is 2.49. The maximum atomic E-state index is 5.54. The van der Waals surface area contributed by atoms with Gasteiger partial charge in [-0.1, -0.05) is 28.1 Å². The van der Waals surface area contributed by atoms with Crippen LogP contribution in [0.2, 0.25) is 0 Å². The van der Waals surface area contributed by atoms with Crippen LogP contribution in [0.1, 0.15) is 5.56 Å². The van der Waals surface area contributed by atoms with Crippen molar-refractivity contribution in [2.75, 3.05) is 13.0 Å². The standard InChI is InChI=1S/C10H10BrClO/c1-13-9-4-5-10(11)8(7-9)3-2-6-12/h2-5,7H,6H2,1H3. The van der Waals surface area contributed by atoms with E-state index in [0.29, 0.717) is 5.88 Å². The minimum absolute atomic E-state index is 0.518. The number of hydrogen-bond acceptors (Lipinski definition) is 1. The Morgan fingerprint density at radius 1 is 1.54 bits per heavy atom. The van der Waals surface area contributed by atoms with Crippen molar-refractivity contribution in [1.82, 2.24) is 0 Å². The van der Waals surface area contributed by atoms with Gasteiger partial charge in [0.25, 0.3) is 0 Å². The Morgan fingerprint density at radius 2 is 2.31 bits per heavy atom. The van der Waals surface area contributed by atoms with Crippen molar-refractivity contribution in [1.29, 1.82) is 0 Å². The van der Waals surface area contributed by atoms with Gasteiger partial charge >= 0.3 is 0 Å². The average molecular weight is 262 g/mol. The summed E-state index contributed by atoms with van der Waals surface area (Å²) in [5, 5.41) is 0. The zero-order chi connectivity index (χ0) is 9.68. The molecule has 0 heterocycles. The number of benzene rings is 1. The highest BCUT2D eigenvalue weighted by atomic mass is 79.9. The fourth-order valence-electron chi connectivity index (χ4n) is 0.948. The highest BCUT2D eigenvalue weighted by Crippen LogP contribution is 2.23. The maximum absolute atomic E-state index is 5.54. The second-order valence-corrected chi connectivity index (χ2v) is 3.61. The summed E-state index contributed by atoms with van der Waals surface area (Å²) < 4.78 is 6.14. The van der Waals surface area contributed by atoms with Crippen LogP contribution in [0.25, 0.3) is 6.08 Å². The van der Waals surface area contributed by atoms with Crippen LogP contribution in [0.15, 0.2) is 28.7 Å². The molecule has 0 fully saturated rings. The first-order valence-electron chi connectivity index (χ1n) is 3.84. The first-order valence-corrected chi connectivity index (χ1v) is 5.16. The van der Waals surface area contributed by atoms with Gasteiger partial charge in [-0.2, -0.15) is 0 Å². The highest BCUT2D eigenvalue weighted by Gasteiger charge is 1.97. The number of hydrogen-bond donors (Lipinski definition) is 0. The van der Waals surface area contributed by atoms with Crippen molar-refractivity contribution in [2.45, 2.75) is 0 Å². The molecule has 0 bridgehead atoms. The number of methoxy groups -OCH3 is 1. The van der Waals surface area contributed by atoms with E-state index in [0.717, 1.165) is 15.8 Å². The van der Waals surface area contributed by atoms with Crippen LogP contribution >= 0.6 is 27.5 Å². The van der Waals surface area contributed by atoms with Crippen LogP contribution in [0.5, 0.6) is 5.75 Å². The van der Waals surface area contributed by atoms with Gasteiger partial charge in [0.15, 0.2) is 0 Å². The molecule has 1 aromatic rings. The second kappa shape index (κ2) is 5.30. The topological polar surface area (TPSA) is 9.23 Å². The molecule has 0 N–H and O–H groups in total. The van der Waals surface area contributed by atoms with Crippen molar-refractivity contribution in [3.8, 4) is 5.75 Å². The van der Waals surface area contributed by atoms with E-state index in [9.17, 15) is 0 Å². The predicted molar refractivity (Wildman–Crippen MR) is 60.4 cm³/mol. The van der Waals surface area contributed by atoms with Gasteiger partial charge in [0.2, 0.25) is 0 Å². The van der Waals surface area contributed by atoms with Gasteiger partial charge in [0, 0.05) is 10.4 Å². The van der Waals surface area contributed by atoms with E-state index in [2.05, 4.69) is 15.9 Å². The molecule has 0 saturated heterocycles. The third-order valence-electron chi connectivity index (χ3n) is 1.59. The van der Waals surface area contributed by atoms with Crippen LogP contribution in [0, 0.1) is 0 Å². The number of rotatable bonds is 3. The molecular weight excluding hydrogens is 251 g/mol. The molecule has 0 amide bonds. The lowest BCUT2D eigenvalue weighted by molar-refractivity contribution is 0.414. The molecule has 0 aromatic heterocycles. The third kappa shape index (κ3) is 3.05. The number of ether oxygens (including phenoxy) is 1. The Morgan fingerprint density at radius 3 is 2.92 bits per heavy atom. The summed E-state index contributed by atoms with van der Waals surface area (Å²) in [5.74, 6) is 1.36. The van der Waals surface area contributed by atoms with E-state index in [4.69, 9.17) is 16.3 Å². The Balaban J connectivity index is 2.97. The molecule has 0 spiro atoms. The predicted octanol–water partition coefficient (Wildman–Crippen LogP) is 3.71. The van der Waals surface area contributed by atoms with Crippen molar-refractivity contribution >= 4 is 33.6 Å². The van der Waals surface area contributed by atoms with Crippen LogP contribution in [-0.2, 0) is 0 Å². The van der Waals surface area contributed by atoms with Gasteiger partial charge in [0.1, 0.15) is 5.75 Å². The minimum atomic E-state index is 0.518. The molecule has 70 valence electrons. The van der Waals surface area contributed by atoms with Gasteiger partial charge in [-0.05, 0) is 23.8 Å². The molecule has 0 atom stereocenters. The molecule has 0 saturated carbocycles. The summed E-state index contributed by atoms with van der Waals surface area (Å²) in [4.78, 5) is 0. The first kappa shape index (κ1) is 10.6. The zero-order valence-corrected chi connectivity index (χ0v) is 9.60. The number of alkyl halides is 1. The summed E-state index contributed by atoms with van der Waals surface area (Å²) in [6.07, 6.45) is 3.85. The quantitative estimate of drug-likeness (QED) is 0.754. The van der Waals surface area contributed by atoms with E-state index >= 15 is 0 Å². The summed E-state index contributed by atoms with van der Waals surface area (Å²) in [5.41, 5.74) is 1.07. The molecule has 0 aliphatic heterocycles. The molecule has 0 aliphatic rings. The lowest BCUT2D eigenvalue weighted by Gasteiger charge is -2.02. The smallest absolute Gasteiger partial charge is 0.119 e. The molecule has 1 aromatic carbocycles. The van der Waals surface area contributed by atoms with Crippen molar-refractivity contribution < 1.29 is 4.74 Å². The van der Waals surface area contributed by atoms with Crippen LogP contribution < -0.4 is 4.74 Å². The van der Waals surface area contributed by atoms with Crippen LogP contribution in [-0.4, -0.2) is 13.0 Å². The van der Waals surface area contributed by atoms with Gasteiger partial charge in [0.05, 0.1) is 7.11 Å². The molecule has 0 radical (unpaired) electrons. The van der Waals surface area contributed by atoms with E-state index in [1.54, 1.807) is 7.11 Å². The Labute approximate surface area is 91.5 Å². The van der Waals surface area contributed by atoms with Gasteiger partial charge < -0.3 is 4.74 Å². The van der Waals surface area contributed by atoms with Gasteiger partial charge in [-0.25, -0.2) is 0 Å². The number of allylic oxidation sites excluding steroid dienone is 1. The normalized spacial score (nSPS) is 10.7. The van der Waals surface area contributed by atoms with Crippen molar-refractivity contribution in [3.05, 3.63) is 34.3 Å². The summed E-state index contributed by atoms with van der Waals surface area (Å²) in [6, 6.07) is 5.81. The SMILES string of the molecule is COc1ccc(Br)c(C=CCCl)c1. The summed E-state index contributed by atoms with van der Waals surface area (Å²) >= 11 is 8.98. The molecule has 0 unspecified atom stereocenters.